The van der Waals surface area contributed by atoms with Gasteiger partial charge in [0.25, 0.3) is 0 Å². The molecular weight excluding hydrogens is 162 g/mol. The van der Waals surface area contributed by atoms with Gasteiger partial charge >= 0.3 is 0 Å². The van der Waals surface area contributed by atoms with Crippen LogP contribution in [0.2, 0.25) is 0 Å². The molecule has 0 amide bonds. The predicted molar refractivity (Wildman–Crippen MR) is 58.5 cm³/mol. The highest BCUT2D eigenvalue weighted by molar-refractivity contribution is 5.51. The van der Waals surface area contributed by atoms with Gasteiger partial charge in [-0.1, -0.05) is 18.2 Å². The first-order valence-electron chi connectivity index (χ1n) is 4.35. The first-order chi connectivity index (χ1) is 6.25. The van der Waals surface area contributed by atoms with E-state index in [2.05, 4.69) is 61.7 Å². The summed E-state index contributed by atoms with van der Waals surface area (Å²) >= 11 is 0. The summed E-state index contributed by atoms with van der Waals surface area (Å²) in [5.74, 6) is 8.00. The van der Waals surface area contributed by atoms with Crippen molar-refractivity contribution in [2.45, 2.75) is 13.8 Å². The van der Waals surface area contributed by atoms with E-state index in [0.29, 0.717) is 0 Å². The summed E-state index contributed by atoms with van der Waals surface area (Å²) in [5, 5.41) is 0. The average Bonchev–Trinajstić information content (AvgIpc) is 2.20. The first-order valence-corrected chi connectivity index (χ1v) is 4.35. The van der Waals surface area contributed by atoms with Crippen LogP contribution < -0.4 is 16.6 Å². The lowest BCUT2D eigenvalue weighted by atomic mass is 10.2. The van der Waals surface area contributed by atoms with Gasteiger partial charge in [-0.05, 0) is 25.5 Å². The number of rotatable bonds is 2. The van der Waals surface area contributed by atoms with Crippen LogP contribution in [-0.4, -0.2) is 13.6 Å². The number of hydrogen-bond donors (Lipinski definition) is 2. The van der Waals surface area contributed by atoms with E-state index in [4.69, 9.17) is 0 Å². The van der Waals surface area contributed by atoms with Crippen molar-refractivity contribution in [3.63, 3.8) is 0 Å². The molecule has 1 aromatic rings. The van der Waals surface area contributed by atoms with E-state index in [-0.39, 0.29) is 0 Å². The highest BCUT2D eigenvalue weighted by atomic mass is 15.1. The Morgan fingerprint density at radius 3 is 2.23 bits per heavy atom. The van der Waals surface area contributed by atoms with Crippen LogP contribution in [0.15, 0.2) is 24.3 Å². The second-order valence-electron chi connectivity index (χ2n) is 2.80. The number of aryl methyl sites for hydroxylation is 1. The van der Waals surface area contributed by atoms with Crippen LogP contribution in [0.3, 0.4) is 0 Å². The molecule has 0 fully saturated rings. The molecule has 0 aliphatic carbocycles. The topological polar surface area (TPSA) is 55.3 Å². The maximum absolute atomic E-state index is 4.00. The second-order valence-corrected chi connectivity index (χ2v) is 2.80. The van der Waals surface area contributed by atoms with E-state index in [1.54, 1.807) is 0 Å². The molecule has 0 aliphatic heterocycles. The lowest BCUT2D eigenvalue weighted by molar-refractivity contribution is 0.961. The summed E-state index contributed by atoms with van der Waals surface area (Å²) in [4.78, 5) is 2.25. The number of nitrogens with two attached hydrogens (primary N) is 2. The van der Waals surface area contributed by atoms with Crippen LogP contribution in [0.25, 0.3) is 0 Å². The number of para-hydroxylation sites is 1. The number of hydrogen-bond acceptors (Lipinski definition) is 3. The molecule has 0 bridgehead atoms. The maximum Gasteiger partial charge on any atom is 0.0393 e. The van der Waals surface area contributed by atoms with Crippen LogP contribution in [0.4, 0.5) is 5.69 Å². The standard InChI is InChI=1S/C10H15N.H4N2/c1-4-11(3)10-8-6-5-7-9(10)2;1-2/h5-8H,4H2,1-3H3;1-2H2. The molecule has 3 heteroatoms. The summed E-state index contributed by atoms with van der Waals surface area (Å²) in [6.45, 7) is 5.36. The molecule has 0 aliphatic rings. The number of benzene rings is 1. The molecule has 1 aromatic carbocycles. The highest BCUT2D eigenvalue weighted by Crippen LogP contribution is 2.16. The van der Waals surface area contributed by atoms with Gasteiger partial charge in [0, 0.05) is 19.3 Å². The lowest BCUT2D eigenvalue weighted by Gasteiger charge is -2.18. The summed E-state index contributed by atoms with van der Waals surface area (Å²) < 4.78 is 0. The van der Waals surface area contributed by atoms with Gasteiger partial charge in [0.1, 0.15) is 0 Å². The fourth-order valence-electron chi connectivity index (χ4n) is 1.16. The lowest BCUT2D eigenvalue weighted by Crippen LogP contribution is -2.16. The number of anilines is 1. The van der Waals surface area contributed by atoms with Crippen molar-refractivity contribution in [3.8, 4) is 0 Å². The first kappa shape index (κ1) is 11.9. The molecule has 74 valence electrons. The molecule has 0 radical (unpaired) electrons. The van der Waals surface area contributed by atoms with Gasteiger partial charge in [0.05, 0.1) is 0 Å². The number of nitrogens with zero attached hydrogens (tertiary/aromatic N) is 1. The van der Waals surface area contributed by atoms with E-state index >= 15 is 0 Å². The molecule has 4 N–H and O–H groups in total. The third-order valence-electron chi connectivity index (χ3n) is 2.00. The molecule has 0 saturated carbocycles. The summed E-state index contributed by atoms with van der Waals surface area (Å²) in [6.07, 6.45) is 0. The van der Waals surface area contributed by atoms with Crippen molar-refractivity contribution in [2.75, 3.05) is 18.5 Å². The second kappa shape index (κ2) is 6.46. The Hall–Kier alpha value is -1.06. The zero-order valence-corrected chi connectivity index (χ0v) is 8.62. The molecule has 13 heavy (non-hydrogen) atoms. The third-order valence-corrected chi connectivity index (χ3v) is 2.00. The zero-order valence-electron chi connectivity index (χ0n) is 8.62. The Morgan fingerprint density at radius 2 is 1.77 bits per heavy atom. The Kier molecular flexibility index (Phi) is 5.93. The van der Waals surface area contributed by atoms with Gasteiger partial charge in [-0.15, -0.1) is 0 Å². The number of hydrazine groups is 1. The molecule has 0 atom stereocenters. The molecule has 0 unspecified atom stereocenters. The Balaban J connectivity index is 0.000000671. The van der Waals surface area contributed by atoms with Gasteiger partial charge < -0.3 is 4.90 Å². The van der Waals surface area contributed by atoms with Crippen molar-refractivity contribution in [2.24, 2.45) is 11.7 Å². The van der Waals surface area contributed by atoms with Gasteiger partial charge in [-0.2, -0.15) is 0 Å². The Morgan fingerprint density at radius 1 is 1.23 bits per heavy atom. The van der Waals surface area contributed by atoms with Crippen LogP contribution in [0.1, 0.15) is 12.5 Å². The van der Waals surface area contributed by atoms with Gasteiger partial charge in [0.15, 0.2) is 0 Å². The van der Waals surface area contributed by atoms with E-state index < -0.39 is 0 Å². The van der Waals surface area contributed by atoms with Gasteiger partial charge in [-0.3, -0.25) is 11.7 Å². The minimum Gasteiger partial charge on any atom is -0.375 e. The van der Waals surface area contributed by atoms with Gasteiger partial charge in [0.2, 0.25) is 0 Å². The fraction of sp³-hybridized carbons (Fsp3) is 0.400. The molecule has 0 spiro atoms. The average molecular weight is 181 g/mol. The van der Waals surface area contributed by atoms with Crippen molar-refractivity contribution < 1.29 is 0 Å². The largest absolute Gasteiger partial charge is 0.375 e. The fourth-order valence-corrected chi connectivity index (χ4v) is 1.16. The maximum atomic E-state index is 4.00. The minimum atomic E-state index is 1.06. The predicted octanol–water partition coefficient (Wildman–Crippen LogP) is 1.27. The van der Waals surface area contributed by atoms with E-state index in [0.717, 1.165) is 6.54 Å². The van der Waals surface area contributed by atoms with Crippen molar-refractivity contribution in [3.05, 3.63) is 29.8 Å². The highest BCUT2D eigenvalue weighted by Gasteiger charge is 1.98. The van der Waals surface area contributed by atoms with Crippen LogP contribution in [0, 0.1) is 6.92 Å². The monoisotopic (exact) mass is 181 g/mol. The smallest absolute Gasteiger partial charge is 0.0393 e. The van der Waals surface area contributed by atoms with Crippen molar-refractivity contribution in [1.82, 2.24) is 0 Å². The molecule has 3 nitrogen and oxygen atoms in total. The molecule has 0 heterocycles. The third kappa shape index (κ3) is 3.44. The van der Waals surface area contributed by atoms with Crippen molar-refractivity contribution in [1.29, 1.82) is 0 Å². The van der Waals surface area contributed by atoms with Crippen LogP contribution >= 0.6 is 0 Å². The van der Waals surface area contributed by atoms with E-state index in [1.807, 2.05) is 0 Å². The van der Waals surface area contributed by atoms with Gasteiger partial charge in [-0.25, -0.2) is 0 Å². The Bertz CT molecular complexity index is 235. The van der Waals surface area contributed by atoms with E-state index in [1.165, 1.54) is 11.3 Å². The zero-order chi connectivity index (χ0) is 10.3. The van der Waals surface area contributed by atoms with E-state index in [9.17, 15) is 0 Å². The molecular formula is C10H19N3. The quantitative estimate of drug-likeness (QED) is 0.533. The van der Waals surface area contributed by atoms with Crippen LogP contribution in [-0.2, 0) is 0 Å². The molecule has 1 rings (SSSR count). The van der Waals surface area contributed by atoms with Crippen molar-refractivity contribution >= 4 is 5.69 Å². The normalized spacial score (nSPS) is 8.69. The SMILES string of the molecule is CCN(C)c1ccccc1C.NN. The van der Waals surface area contributed by atoms with Crippen LogP contribution in [0.5, 0.6) is 0 Å². The minimum absolute atomic E-state index is 1.06. The molecule has 0 aromatic heterocycles. The summed E-state index contributed by atoms with van der Waals surface area (Å²) in [6, 6.07) is 8.44. The summed E-state index contributed by atoms with van der Waals surface area (Å²) in [7, 11) is 2.11. The molecule has 0 saturated heterocycles. The Labute approximate surface area is 80.3 Å². The summed E-state index contributed by atoms with van der Waals surface area (Å²) in [5.41, 5.74) is 2.67.